The van der Waals surface area contributed by atoms with Crippen LogP contribution in [0.3, 0.4) is 0 Å². The number of rotatable bonds is 2. The summed E-state index contributed by atoms with van der Waals surface area (Å²) in [4.78, 5) is 14.3. The highest BCUT2D eigenvalue weighted by Gasteiger charge is 2.30. The van der Waals surface area contributed by atoms with Crippen LogP contribution < -0.4 is 0 Å². The summed E-state index contributed by atoms with van der Waals surface area (Å²) in [5.41, 5.74) is 0.496. The van der Waals surface area contributed by atoms with E-state index in [0.717, 1.165) is 12.2 Å². The van der Waals surface area contributed by atoms with Crippen LogP contribution in [-0.4, -0.2) is 23.9 Å². The third kappa shape index (κ3) is 2.56. The van der Waals surface area contributed by atoms with Crippen LogP contribution in [0.5, 0.6) is 0 Å². The van der Waals surface area contributed by atoms with E-state index >= 15 is 0 Å². The monoisotopic (exact) mass is 309 g/mol. The van der Waals surface area contributed by atoms with Gasteiger partial charge in [-0.25, -0.2) is 0 Å². The van der Waals surface area contributed by atoms with Crippen LogP contribution >= 0.6 is 23.2 Å². The Hall–Kier alpha value is -1.45. The lowest BCUT2D eigenvalue weighted by Gasteiger charge is -2.17. The summed E-state index contributed by atoms with van der Waals surface area (Å²) >= 11 is 11.9. The molecule has 104 valence electrons. The minimum atomic E-state index is -0.0549. The maximum atomic E-state index is 12.5. The van der Waals surface area contributed by atoms with Gasteiger partial charge in [-0.15, -0.1) is 0 Å². The number of carbonyl (C=O) groups is 1. The molecule has 5 heteroatoms. The zero-order valence-corrected chi connectivity index (χ0v) is 12.2. The van der Waals surface area contributed by atoms with Crippen molar-refractivity contribution in [3.05, 3.63) is 58.0 Å². The Balaban J connectivity index is 1.76. The molecule has 3 nitrogen and oxygen atoms in total. The number of halogens is 2. The van der Waals surface area contributed by atoms with Crippen LogP contribution in [0, 0.1) is 0 Å². The molecule has 3 rings (SSSR count). The van der Waals surface area contributed by atoms with Gasteiger partial charge in [0.2, 0.25) is 0 Å². The Morgan fingerprint density at radius 2 is 2.15 bits per heavy atom. The van der Waals surface area contributed by atoms with E-state index in [1.807, 2.05) is 17.0 Å². The van der Waals surface area contributed by atoms with Crippen LogP contribution in [0.1, 0.15) is 28.5 Å². The first-order valence-corrected chi connectivity index (χ1v) is 7.18. The molecular formula is C15H13Cl2NO2. The largest absolute Gasteiger partial charge is 0.469 e. The van der Waals surface area contributed by atoms with Crippen LogP contribution in [0.25, 0.3) is 0 Å². The van der Waals surface area contributed by atoms with Crippen molar-refractivity contribution in [2.75, 3.05) is 13.1 Å². The molecule has 20 heavy (non-hydrogen) atoms. The molecule has 0 aliphatic carbocycles. The molecule has 0 radical (unpaired) electrons. The van der Waals surface area contributed by atoms with Crippen molar-refractivity contribution in [3.63, 3.8) is 0 Å². The number of furan rings is 1. The Kier molecular flexibility index (Phi) is 3.72. The van der Waals surface area contributed by atoms with E-state index in [1.54, 1.807) is 24.5 Å². The van der Waals surface area contributed by atoms with Crippen LogP contribution in [0.2, 0.25) is 10.0 Å². The SMILES string of the molecule is O=C(c1ccc(Cl)cc1Cl)N1CCC(c2ccco2)C1. The van der Waals surface area contributed by atoms with Gasteiger partial charge in [-0.3, -0.25) is 4.79 Å². The molecule has 1 atom stereocenters. The lowest BCUT2D eigenvalue weighted by Crippen LogP contribution is -2.28. The Morgan fingerprint density at radius 3 is 2.85 bits per heavy atom. The summed E-state index contributed by atoms with van der Waals surface area (Å²) in [5.74, 6) is 1.14. The molecule has 0 N–H and O–H groups in total. The maximum Gasteiger partial charge on any atom is 0.255 e. The van der Waals surface area contributed by atoms with E-state index in [4.69, 9.17) is 27.6 Å². The molecule has 1 aliphatic heterocycles. The molecule has 0 spiro atoms. The first-order chi connectivity index (χ1) is 9.65. The van der Waals surface area contributed by atoms with E-state index in [9.17, 15) is 4.79 Å². The maximum absolute atomic E-state index is 12.5. The summed E-state index contributed by atoms with van der Waals surface area (Å²) < 4.78 is 5.41. The molecule has 0 saturated carbocycles. The van der Waals surface area contributed by atoms with E-state index in [-0.39, 0.29) is 11.8 Å². The minimum absolute atomic E-state index is 0.0549. The van der Waals surface area contributed by atoms with E-state index in [1.165, 1.54) is 0 Å². The van der Waals surface area contributed by atoms with Gasteiger partial charge < -0.3 is 9.32 Å². The second-order valence-electron chi connectivity index (χ2n) is 4.88. The minimum Gasteiger partial charge on any atom is -0.469 e. The van der Waals surface area contributed by atoms with Gasteiger partial charge in [0, 0.05) is 24.0 Å². The molecule has 1 saturated heterocycles. The summed E-state index contributed by atoms with van der Waals surface area (Å²) in [5, 5.41) is 0.922. The van der Waals surface area contributed by atoms with Crippen molar-refractivity contribution < 1.29 is 9.21 Å². The fraction of sp³-hybridized carbons (Fsp3) is 0.267. The Labute approximate surface area is 127 Å². The first kappa shape index (κ1) is 13.5. The van der Waals surface area contributed by atoms with E-state index < -0.39 is 0 Å². The lowest BCUT2D eigenvalue weighted by atomic mass is 10.1. The zero-order chi connectivity index (χ0) is 14.1. The standard InChI is InChI=1S/C15H13Cl2NO2/c16-11-3-4-12(13(17)8-11)15(19)18-6-5-10(9-18)14-2-1-7-20-14/h1-4,7-8,10H,5-6,9H2. The smallest absolute Gasteiger partial charge is 0.255 e. The van der Waals surface area contributed by atoms with Gasteiger partial charge in [0.15, 0.2) is 0 Å². The van der Waals surface area contributed by atoms with Gasteiger partial charge >= 0.3 is 0 Å². The second kappa shape index (κ2) is 5.51. The quantitative estimate of drug-likeness (QED) is 0.832. The van der Waals surface area contributed by atoms with Crippen molar-refractivity contribution >= 4 is 29.1 Å². The van der Waals surface area contributed by atoms with Gasteiger partial charge in [-0.05, 0) is 36.8 Å². The van der Waals surface area contributed by atoms with Crippen molar-refractivity contribution in [2.24, 2.45) is 0 Å². The number of likely N-dealkylation sites (tertiary alicyclic amines) is 1. The molecule has 1 fully saturated rings. The van der Waals surface area contributed by atoms with E-state index in [0.29, 0.717) is 28.7 Å². The second-order valence-corrected chi connectivity index (χ2v) is 5.72. The van der Waals surface area contributed by atoms with Crippen LogP contribution in [0.15, 0.2) is 41.0 Å². The number of amides is 1. The van der Waals surface area contributed by atoms with Crippen molar-refractivity contribution in [1.82, 2.24) is 4.90 Å². The molecule has 1 unspecified atom stereocenters. The summed E-state index contributed by atoms with van der Waals surface area (Å²) in [7, 11) is 0. The molecule has 0 bridgehead atoms. The highest BCUT2D eigenvalue weighted by molar-refractivity contribution is 6.36. The van der Waals surface area contributed by atoms with Crippen molar-refractivity contribution in [1.29, 1.82) is 0 Å². The molecule has 1 aromatic heterocycles. The summed E-state index contributed by atoms with van der Waals surface area (Å²) in [6.07, 6.45) is 2.57. The predicted molar refractivity (Wildman–Crippen MR) is 78.4 cm³/mol. The molecule has 1 aliphatic rings. The number of nitrogens with zero attached hydrogens (tertiary/aromatic N) is 1. The van der Waals surface area contributed by atoms with Gasteiger partial charge in [0.25, 0.3) is 5.91 Å². The number of hydrogen-bond donors (Lipinski definition) is 0. The van der Waals surface area contributed by atoms with Crippen molar-refractivity contribution in [3.8, 4) is 0 Å². The van der Waals surface area contributed by atoms with Gasteiger partial charge in [0.1, 0.15) is 5.76 Å². The molecule has 1 aromatic carbocycles. The fourth-order valence-corrected chi connectivity index (χ4v) is 3.02. The molecule has 2 heterocycles. The lowest BCUT2D eigenvalue weighted by molar-refractivity contribution is 0.0790. The summed E-state index contributed by atoms with van der Waals surface area (Å²) in [6, 6.07) is 8.77. The zero-order valence-electron chi connectivity index (χ0n) is 10.7. The predicted octanol–water partition coefficient (Wildman–Crippen LogP) is 4.22. The highest BCUT2D eigenvalue weighted by Crippen LogP contribution is 2.30. The van der Waals surface area contributed by atoms with Crippen LogP contribution in [-0.2, 0) is 0 Å². The first-order valence-electron chi connectivity index (χ1n) is 6.43. The normalized spacial score (nSPS) is 18.5. The highest BCUT2D eigenvalue weighted by atomic mass is 35.5. The number of hydrogen-bond acceptors (Lipinski definition) is 2. The average molecular weight is 310 g/mol. The van der Waals surface area contributed by atoms with Crippen molar-refractivity contribution in [2.45, 2.75) is 12.3 Å². The Bertz CT molecular complexity index is 625. The third-order valence-corrected chi connectivity index (χ3v) is 4.13. The molecular weight excluding hydrogens is 297 g/mol. The third-order valence-electron chi connectivity index (χ3n) is 3.58. The van der Waals surface area contributed by atoms with Gasteiger partial charge in [0.05, 0.1) is 16.8 Å². The van der Waals surface area contributed by atoms with Gasteiger partial charge in [-0.1, -0.05) is 23.2 Å². The number of carbonyl (C=O) groups excluding carboxylic acids is 1. The molecule has 2 aromatic rings. The van der Waals surface area contributed by atoms with Crippen LogP contribution in [0.4, 0.5) is 0 Å². The average Bonchev–Trinajstić information content (AvgIpc) is 3.09. The summed E-state index contributed by atoms with van der Waals surface area (Å²) in [6.45, 7) is 1.37. The van der Waals surface area contributed by atoms with Gasteiger partial charge in [-0.2, -0.15) is 0 Å². The van der Waals surface area contributed by atoms with E-state index in [2.05, 4.69) is 0 Å². The molecule has 1 amide bonds. The fourth-order valence-electron chi connectivity index (χ4n) is 2.53. The number of benzene rings is 1. The topological polar surface area (TPSA) is 33.5 Å². The Morgan fingerprint density at radius 1 is 1.30 bits per heavy atom.